The average Bonchev–Trinajstić information content (AvgIpc) is 2.59. The van der Waals surface area contributed by atoms with Crippen molar-refractivity contribution in [2.24, 2.45) is 10.9 Å². The van der Waals surface area contributed by atoms with Crippen LogP contribution in [0.5, 0.6) is 11.5 Å². The monoisotopic (exact) mass is 328 g/mol. The van der Waals surface area contributed by atoms with E-state index in [-0.39, 0.29) is 12.4 Å². The fourth-order valence-corrected chi connectivity index (χ4v) is 2.04. The summed E-state index contributed by atoms with van der Waals surface area (Å²) in [5, 5.41) is 3.62. The highest BCUT2D eigenvalue weighted by Crippen LogP contribution is 2.18. The number of oxime groups is 1. The minimum absolute atomic E-state index is 0.0949. The number of aryl methyl sites for hydroxylation is 2. The van der Waals surface area contributed by atoms with Gasteiger partial charge in [0.1, 0.15) is 11.5 Å². The van der Waals surface area contributed by atoms with Crippen LogP contribution in [0.3, 0.4) is 0 Å². The minimum atomic E-state index is -0.633. The van der Waals surface area contributed by atoms with Crippen molar-refractivity contribution in [1.82, 2.24) is 0 Å². The van der Waals surface area contributed by atoms with Crippen molar-refractivity contribution in [3.63, 3.8) is 0 Å². The summed E-state index contributed by atoms with van der Waals surface area (Å²) in [5.41, 5.74) is 8.47. The molecule has 0 bridgehead atoms. The highest BCUT2D eigenvalue weighted by atomic mass is 16.7. The summed E-state index contributed by atoms with van der Waals surface area (Å²) in [6.45, 7) is 3.65. The molecule has 2 rings (SSSR count). The second-order valence-electron chi connectivity index (χ2n) is 5.23. The van der Waals surface area contributed by atoms with Gasteiger partial charge in [0, 0.05) is 5.56 Å². The third-order valence-corrected chi connectivity index (χ3v) is 3.31. The van der Waals surface area contributed by atoms with Gasteiger partial charge in [-0.1, -0.05) is 22.9 Å². The molecule has 2 aromatic carbocycles. The Morgan fingerprint density at radius 1 is 1.12 bits per heavy atom. The Kier molecular flexibility index (Phi) is 5.78. The molecule has 6 nitrogen and oxygen atoms in total. The van der Waals surface area contributed by atoms with E-state index < -0.39 is 5.97 Å². The van der Waals surface area contributed by atoms with Crippen molar-refractivity contribution < 1.29 is 19.1 Å². The molecule has 126 valence electrons. The van der Waals surface area contributed by atoms with Crippen LogP contribution in [0.1, 0.15) is 16.7 Å². The number of nitrogens with zero attached hydrogens (tertiary/aromatic N) is 1. The molecule has 0 aromatic heterocycles. The Bertz CT molecular complexity index is 739. The quantitative estimate of drug-likeness (QED) is 0.381. The molecule has 0 radical (unpaired) electrons. The van der Waals surface area contributed by atoms with Crippen LogP contribution in [0.15, 0.2) is 47.6 Å². The number of rotatable bonds is 6. The number of methoxy groups -OCH3 is 1. The molecule has 0 saturated carbocycles. The maximum absolute atomic E-state index is 11.7. The molecule has 0 spiro atoms. The van der Waals surface area contributed by atoms with Crippen molar-refractivity contribution in [3.8, 4) is 11.5 Å². The predicted octanol–water partition coefficient (Wildman–Crippen LogP) is 2.55. The van der Waals surface area contributed by atoms with Gasteiger partial charge in [-0.2, -0.15) is 0 Å². The molecule has 2 N–H and O–H groups in total. The lowest BCUT2D eigenvalue weighted by Gasteiger charge is -2.08. The van der Waals surface area contributed by atoms with Gasteiger partial charge in [0.05, 0.1) is 7.11 Å². The van der Waals surface area contributed by atoms with E-state index in [1.807, 2.05) is 32.0 Å². The van der Waals surface area contributed by atoms with Gasteiger partial charge in [-0.3, -0.25) is 0 Å². The van der Waals surface area contributed by atoms with Gasteiger partial charge >= 0.3 is 5.97 Å². The first-order valence-electron chi connectivity index (χ1n) is 7.37. The molecule has 24 heavy (non-hydrogen) atoms. The Hall–Kier alpha value is -3.02. The second kappa shape index (κ2) is 8.01. The van der Waals surface area contributed by atoms with E-state index in [0.29, 0.717) is 17.1 Å². The van der Waals surface area contributed by atoms with Crippen molar-refractivity contribution in [2.45, 2.75) is 13.8 Å². The number of benzene rings is 2. The molecule has 0 aliphatic rings. The molecule has 0 atom stereocenters. The number of amidine groups is 1. The van der Waals surface area contributed by atoms with E-state index in [9.17, 15) is 4.79 Å². The molecule has 0 amide bonds. The van der Waals surface area contributed by atoms with Crippen LogP contribution in [-0.4, -0.2) is 25.5 Å². The topological polar surface area (TPSA) is 83.1 Å². The Labute approximate surface area is 140 Å². The Morgan fingerprint density at radius 3 is 2.46 bits per heavy atom. The zero-order valence-electron chi connectivity index (χ0n) is 13.9. The zero-order valence-corrected chi connectivity index (χ0v) is 13.9. The molecular formula is C18H20N2O4. The van der Waals surface area contributed by atoms with E-state index in [4.69, 9.17) is 20.0 Å². The SMILES string of the molecule is COc1ccc(/C(N)=N/OC(=O)COc2ccc(C)cc2C)cc1. The average molecular weight is 328 g/mol. The summed E-state index contributed by atoms with van der Waals surface area (Å²) < 4.78 is 10.5. The van der Waals surface area contributed by atoms with Gasteiger partial charge in [-0.05, 0) is 49.7 Å². The molecule has 0 heterocycles. The van der Waals surface area contributed by atoms with Crippen LogP contribution in [0.2, 0.25) is 0 Å². The molecule has 0 saturated heterocycles. The van der Waals surface area contributed by atoms with E-state index in [1.165, 1.54) is 0 Å². The summed E-state index contributed by atoms with van der Waals surface area (Å²) in [5.74, 6) is 0.791. The van der Waals surface area contributed by atoms with Gasteiger partial charge in [0.15, 0.2) is 12.4 Å². The number of hydrogen-bond acceptors (Lipinski definition) is 5. The van der Waals surface area contributed by atoms with Crippen molar-refractivity contribution >= 4 is 11.8 Å². The number of carbonyl (C=O) groups is 1. The van der Waals surface area contributed by atoms with Crippen LogP contribution in [-0.2, 0) is 9.63 Å². The third kappa shape index (κ3) is 4.74. The summed E-state index contributed by atoms with van der Waals surface area (Å²) in [6, 6.07) is 12.6. The van der Waals surface area contributed by atoms with Gasteiger partial charge in [-0.25, -0.2) is 4.79 Å². The lowest BCUT2D eigenvalue weighted by molar-refractivity contribution is -0.146. The molecular weight excluding hydrogens is 308 g/mol. The van der Waals surface area contributed by atoms with Gasteiger partial charge in [0.2, 0.25) is 0 Å². The third-order valence-electron chi connectivity index (χ3n) is 3.31. The second-order valence-corrected chi connectivity index (χ2v) is 5.23. The number of ether oxygens (including phenoxy) is 2. The van der Waals surface area contributed by atoms with E-state index in [0.717, 1.165) is 11.1 Å². The number of nitrogens with two attached hydrogens (primary N) is 1. The predicted molar refractivity (Wildman–Crippen MR) is 91.2 cm³/mol. The molecule has 0 aliphatic carbocycles. The van der Waals surface area contributed by atoms with Crippen molar-refractivity contribution in [2.75, 3.05) is 13.7 Å². The van der Waals surface area contributed by atoms with Crippen LogP contribution >= 0.6 is 0 Å². The summed E-state index contributed by atoms with van der Waals surface area (Å²) >= 11 is 0. The first kappa shape index (κ1) is 17.3. The first-order valence-corrected chi connectivity index (χ1v) is 7.37. The lowest BCUT2D eigenvalue weighted by Crippen LogP contribution is -2.18. The van der Waals surface area contributed by atoms with E-state index in [1.54, 1.807) is 31.4 Å². The fourth-order valence-electron chi connectivity index (χ4n) is 2.04. The highest BCUT2D eigenvalue weighted by Gasteiger charge is 2.07. The van der Waals surface area contributed by atoms with Crippen LogP contribution in [0.25, 0.3) is 0 Å². The summed E-state index contributed by atoms with van der Waals surface area (Å²) in [4.78, 5) is 16.5. The van der Waals surface area contributed by atoms with E-state index >= 15 is 0 Å². The first-order chi connectivity index (χ1) is 11.5. The molecule has 2 aromatic rings. The normalized spacial score (nSPS) is 11.0. The van der Waals surface area contributed by atoms with Gasteiger partial charge in [0.25, 0.3) is 0 Å². The Balaban J connectivity index is 1.89. The standard InChI is InChI=1S/C18H20N2O4/c1-12-4-9-16(13(2)10-12)23-11-17(21)24-20-18(19)14-5-7-15(22-3)8-6-14/h4-10H,11H2,1-3H3,(H2,19,20). The summed E-state index contributed by atoms with van der Waals surface area (Å²) in [7, 11) is 1.57. The molecule has 0 unspecified atom stereocenters. The number of carbonyl (C=O) groups excluding carboxylic acids is 1. The zero-order chi connectivity index (χ0) is 17.5. The maximum atomic E-state index is 11.7. The number of hydrogen-bond donors (Lipinski definition) is 1. The minimum Gasteiger partial charge on any atom is -0.497 e. The van der Waals surface area contributed by atoms with Crippen molar-refractivity contribution in [1.29, 1.82) is 0 Å². The smallest absolute Gasteiger partial charge is 0.372 e. The van der Waals surface area contributed by atoms with Crippen LogP contribution < -0.4 is 15.2 Å². The van der Waals surface area contributed by atoms with Crippen LogP contribution in [0, 0.1) is 13.8 Å². The highest BCUT2D eigenvalue weighted by molar-refractivity contribution is 5.97. The summed E-state index contributed by atoms with van der Waals surface area (Å²) in [6.07, 6.45) is 0. The maximum Gasteiger partial charge on any atom is 0.372 e. The van der Waals surface area contributed by atoms with Gasteiger partial charge in [-0.15, -0.1) is 0 Å². The lowest BCUT2D eigenvalue weighted by atomic mass is 10.1. The molecule has 0 aliphatic heterocycles. The van der Waals surface area contributed by atoms with E-state index in [2.05, 4.69) is 5.16 Å². The van der Waals surface area contributed by atoms with Crippen LogP contribution in [0.4, 0.5) is 0 Å². The largest absolute Gasteiger partial charge is 0.497 e. The van der Waals surface area contributed by atoms with Gasteiger partial charge < -0.3 is 20.0 Å². The Morgan fingerprint density at radius 2 is 1.83 bits per heavy atom. The van der Waals surface area contributed by atoms with Crippen molar-refractivity contribution in [3.05, 3.63) is 59.2 Å². The fraction of sp³-hybridized carbons (Fsp3) is 0.222. The molecule has 0 fully saturated rings. The molecule has 6 heteroatoms.